The van der Waals surface area contributed by atoms with Crippen LogP contribution in [0.2, 0.25) is 0 Å². The van der Waals surface area contributed by atoms with Crippen LogP contribution in [0.25, 0.3) is 154 Å². The van der Waals surface area contributed by atoms with E-state index in [1.165, 1.54) is 111 Å². The average Bonchev–Trinajstić information content (AvgIpc) is 1.52. The van der Waals surface area contributed by atoms with Gasteiger partial charge in [-0.25, -0.2) is 0 Å². The van der Waals surface area contributed by atoms with Gasteiger partial charge in [-0.3, -0.25) is 0 Å². The monoisotopic (exact) mass is 1630 g/mol. The number of rotatable bonds is 15. The van der Waals surface area contributed by atoms with Crippen molar-refractivity contribution in [2.75, 3.05) is 4.90 Å². The lowest BCUT2D eigenvalue weighted by molar-refractivity contribution is 0.658. The van der Waals surface area contributed by atoms with E-state index < -0.39 is 10.8 Å². The van der Waals surface area contributed by atoms with Crippen LogP contribution in [0, 0.1) is 0 Å². The number of benzene rings is 20. The van der Waals surface area contributed by atoms with Crippen molar-refractivity contribution in [1.29, 1.82) is 0 Å². The molecule has 0 saturated carbocycles. The zero-order valence-corrected chi connectivity index (χ0v) is 69.8. The Morgan fingerprint density at radius 3 is 1.20 bits per heavy atom. The SMILES string of the molecule is c1ccc(-c2ccc(C(c3ccc4c(c3)c3cc(-c5cccc(-c6ccc(N(c7ccc8c(c7)oc7cc9c(cc78)-c7ccccc7C9(c7ccccc7)c7ccccc7)c7ccc8c(c7)c7ccccc7n8-c7ccccc7)cc6)c5)ccc3n4-c3ccccc3)c3cccc4c3oc3cc5c(cc34)-c3ccccc3C5(c3ccccc3)c3ccccc3)cc2)cc1. The molecule has 0 spiro atoms. The van der Waals surface area contributed by atoms with Crippen LogP contribution in [0.3, 0.4) is 0 Å². The maximum absolute atomic E-state index is 7.56. The molecule has 0 bridgehead atoms. The fraction of sp³-hybridized carbons (Fsp3) is 0.0244. The topological polar surface area (TPSA) is 39.4 Å². The minimum absolute atomic E-state index is 0.233. The molecule has 4 heterocycles. The smallest absolute Gasteiger partial charge is 0.139 e. The molecule has 2 aliphatic carbocycles. The second kappa shape index (κ2) is 29.0. The molecule has 0 amide bonds. The maximum Gasteiger partial charge on any atom is 0.139 e. The lowest BCUT2D eigenvalue weighted by Crippen LogP contribution is -2.28. The summed E-state index contributed by atoms with van der Waals surface area (Å²) in [5.41, 5.74) is 37.1. The van der Waals surface area contributed by atoms with Gasteiger partial charge in [0.05, 0.1) is 32.9 Å². The van der Waals surface area contributed by atoms with E-state index >= 15 is 0 Å². The molecule has 0 N–H and O–H groups in total. The van der Waals surface area contributed by atoms with Crippen molar-refractivity contribution in [3.8, 4) is 67.0 Å². The van der Waals surface area contributed by atoms with E-state index in [4.69, 9.17) is 8.83 Å². The van der Waals surface area contributed by atoms with Gasteiger partial charge in [0, 0.05) is 89.1 Å². The molecule has 128 heavy (non-hydrogen) atoms. The van der Waals surface area contributed by atoms with Crippen molar-refractivity contribution in [2.45, 2.75) is 16.7 Å². The highest BCUT2D eigenvalue weighted by atomic mass is 16.3. The van der Waals surface area contributed by atoms with Gasteiger partial charge in [0.2, 0.25) is 0 Å². The highest BCUT2D eigenvalue weighted by molar-refractivity contribution is 6.15. The van der Waals surface area contributed by atoms with Gasteiger partial charge in [0.15, 0.2) is 0 Å². The summed E-state index contributed by atoms with van der Waals surface area (Å²) in [4.78, 5) is 2.40. The fourth-order valence-electron chi connectivity index (χ4n) is 22.2. The van der Waals surface area contributed by atoms with E-state index in [0.29, 0.717) is 0 Å². The molecule has 4 aromatic heterocycles. The van der Waals surface area contributed by atoms with Gasteiger partial charge in [0.25, 0.3) is 0 Å². The van der Waals surface area contributed by atoms with E-state index in [-0.39, 0.29) is 5.92 Å². The van der Waals surface area contributed by atoms with Gasteiger partial charge in [-0.15, -0.1) is 0 Å². The molecule has 1 atom stereocenters. The molecule has 5 nitrogen and oxygen atoms in total. The molecular weight excluding hydrogens is 1550 g/mol. The Bertz CT molecular complexity index is 8450. The third-order valence-corrected chi connectivity index (χ3v) is 27.8. The van der Waals surface area contributed by atoms with E-state index in [0.717, 1.165) is 122 Å². The van der Waals surface area contributed by atoms with Crippen molar-refractivity contribution < 1.29 is 8.83 Å². The molecule has 0 aliphatic heterocycles. The highest BCUT2D eigenvalue weighted by Gasteiger charge is 2.48. The quantitative estimate of drug-likeness (QED) is 0.0961. The van der Waals surface area contributed by atoms with Crippen molar-refractivity contribution >= 4 is 105 Å². The zero-order chi connectivity index (χ0) is 84.1. The van der Waals surface area contributed by atoms with Crippen molar-refractivity contribution in [1.82, 2.24) is 9.13 Å². The molecule has 0 radical (unpaired) electrons. The van der Waals surface area contributed by atoms with Crippen LogP contribution in [-0.2, 0) is 10.8 Å². The first-order chi connectivity index (χ1) is 63.5. The lowest BCUT2D eigenvalue weighted by Gasteiger charge is -2.33. The van der Waals surface area contributed by atoms with Crippen LogP contribution in [0.5, 0.6) is 0 Å². The van der Waals surface area contributed by atoms with Crippen molar-refractivity contribution in [3.05, 3.63) is 534 Å². The van der Waals surface area contributed by atoms with Crippen LogP contribution in [0.15, 0.2) is 482 Å². The largest absolute Gasteiger partial charge is 0.456 e. The Morgan fingerprint density at radius 2 is 0.602 bits per heavy atom. The number of aromatic nitrogens is 2. The van der Waals surface area contributed by atoms with Crippen LogP contribution in [0.1, 0.15) is 67.1 Å². The number of furan rings is 2. The number of nitrogens with zero attached hydrogens (tertiary/aromatic N) is 3. The Labute approximate surface area is 740 Å². The molecule has 5 heteroatoms. The number of para-hydroxylation sites is 4. The van der Waals surface area contributed by atoms with Crippen LogP contribution in [-0.4, -0.2) is 9.13 Å². The lowest BCUT2D eigenvalue weighted by atomic mass is 9.67. The number of hydrogen-bond acceptors (Lipinski definition) is 3. The minimum Gasteiger partial charge on any atom is -0.456 e. The van der Waals surface area contributed by atoms with Gasteiger partial charge in [-0.05, 0) is 239 Å². The Kier molecular flexibility index (Phi) is 16.5. The second-order valence-corrected chi connectivity index (χ2v) is 34.4. The summed E-state index contributed by atoms with van der Waals surface area (Å²) in [6.45, 7) is 0. The Hall–Kier alpha value is -16.6. The number of fused-ring (bicyclic) bond motifs is 18. The average molecular weight is 1630 g/mol. The first kappa shape index (κ1) is 73.0. The molecule has 2 aliphatic rings. The van der Waals surface area contributed by atoms with Crippen LogP contribution < -0.4 is 4.90 Å². The standard InChI is InChI=1S/C123H79N3O2/c1-8-30-79(31-9-1)80-54-56-82(57-55-80)120(101-50-29-49-100-108-76-103-97-47-23-26-52-110(97)123(89-38-14-4-15-39-89,90-40-16-5-17-41-90)112(103)78-119(108)128-121(100)101)86-61-68-115-105(72-86)104-71-85(60-67-114(104)126(115)92-44-20-7-21-45-92)84-33-28-32-83(70-84)81-58-62-93(63-59-81)124(94-65-69-116-106(73-94)98-48-24-27-53-113(98)125(116)91-42-18-6-19-43-91)95-64-66-99-107-75-102-96-46-22-25-51-109(96)122(87-34-10-2-11-35-87,88-36-12-3-13-37-88)111(102)77-118(107)127-117(99)74-95/h1-78,120H. The first-order valence-corrected chi connectivity index (χ1v) is 44.3. The predicted molar refractivity (Wildman–Crippen MR) is 529 cm³/mol. The summed E-state index contributed by atoms with van der Waals surface area (Å²) in [5.74, 6) is -0.233. The molecule has 598 valence electrons. The van der Waals surface area contributed by atoms with E-state index in [2.05, 4.69) is 487 Å². The van der Waals surface area contributed by atoms with Gasteiger partial charge >= 0.3 is 0 Å². The molecular formula is C123H79N3O2. The second-order valence-electron chi connectivity index (χ2n) is 34.4. The van der Waals surface area contributed by atoms with E-state index in [1.807, 2.05) is 0 Å². The predicted octanol–water partition coefficient (Wildman–Crippen LogP) is 32.1. The van der Waals surface area contributed by atoms with Crippen molar-refractivity contribution in [2.24, 2.45) is 0 Å². The van der Waals surface area contributed by atoms with Crippen LogP contribution in [0.4, 0.5) is 17.1 Å². The van der Waals surface area contributed by atoms with Gasteiger partial charge in [-0.2, -0.15) is 0 Å². The molecule has 20 aromatic carbocycles. The zero-order valence-electron chi connectivity index (χ0n) is 69.8. The Morgan fingerprint density at radius 1 is 0.211 bits per heavy atom. The summed E-state index contributed by atoms with van der Waals surface area (Å²) < 4.78 is 19.6. The van der Waals surface area contributed by atoms with E-state index in [1.54, 1.807) is 0 Å². The summed E-state index contributed by atoms with van der Waals surface area (Å²) in [6, 6.07) is 175. The summed E-state index contributed by atoms with van der Waals surface area (Å²) in [7, 11) is 0. The van der Waals surface area contributed by atoms with Gasteiger partial charge in [0.1, 0.15) is 22.3 Å². The molecule has 26 rings (SSSR count). The molecule has 0 saturated heterocycles. The summed E-state index contributed by atoms with van der Waals surface area (Å²) in [6.07, 6.45) is 0. The number of anilines is 3. The van der Waals surface area contributed by atoms with E-state index in [9.17, 15) is 0 Å². The third-order valence-electron chi connectivity index (χ3n) is 27.8. The molecule has 1 unspecified atom stereocenters. The van der Waals surface area contributed by atoms with Gasteiger partial charge < -0.3 is 22.9 Å². The normalized spacial score (nSPS) is 13.2. The van der Waals surface area contributed by atoms with Gasteiger partial charge in [-0.1, -0.05) is 340 Å². The summed E-state index contributed by atoms with van der Waals surface area (Å²) >= 11 is 0. The molecule has 24 aromatic rings. The maximum atomic E-state index is 7.56. The van der Waals surface area contributed by atoms with Crippen molar-refractivity contribution in [3.63, 3.8) is 0 Å². The highest BCUT2D eigenvalue weighted by Crippen LogP contribution is 2.60. The Balaban J connectivity index is 0.600. The third kappa shape index (κ3) is 11.1. The fourth-order valence-corrected chi connectivity index (χ4v) is 22.2. The van der Waals surface area contributed by atoms with Crippen LogP contribution >= 0.6 is 0 Å². The molecule has 0 fully saturated rings. The first-order valence-electron chi connectivity index (χ1n) is 44.3. The number of hydrogen-bond donors (Lipinski definition) is 0. The summed E-state index contributed by atoms with van der Waals surface area (Å²) in [5, 5.41) is 9.03. The minimum atomic E-state index is -0.578.